The molecule has 0 saturated heterocycles. The quantitative estimate of drug-likeness (QED) is 0.854. The Morgan fingerprint density at radius 2 is 2.06 bits per heavy atom. The summed E-state index contributed by atoms with van der Waals surface area (Å²) in [6.07, 6.45) is 3.17. The molecule has 0 amide bonds. The van der Waals surface area contributed by atoms with Crippen LogP contribution in [0.25, 0.3) is 10.8 Å². The van der Waals surface area contributed by atoms with Crippen molar-refractivity contribution in [2.75, 3.05) is 14.2 Å². The first-order valence-electron chi connectivity index (χ1n) is 4.81. The van der Waals surface area contributed by atoms with E-state index in [2.05, 4.69) is 27.0 Å². The van der Waals surface area contributed by atoms with E-state index in [1.165, 1.54) is 6.20 Å². The number of aromatic nitrogens is 1. The van der Waals surface area contributed by atoms with Gasteiger partial charge in [-0.2, -0.15) is 5.26 Å². The molecule has 0 N–H and O–H groups in total. The lowest BCUT2D eigenvalue weighted by Crippen LogP contribution is -1.94. The number of hydrogen-bond acceptors (Lipinski definition) is 4. The molecule has 0 saturated carbocycles. The zero-order chi connectivity index (χ0) is 12.4. The Labute approximate surface area is 107 Å². The lowest BCUT2D eigenvalue weighted by Gasteiger charge is -2.12. The van der Waals surface area contributed by atoms with Crippen LogP contribution in [0.1, 0.15) is 5.56 Å². The molecule has 2 aromatic rings. The van der Waals surface area contributed by atoms with Crippen molar-refractivity contribution in [1.29, 1.82) is 5.26 Å². The largest absolute Gasteiger partial charge is 0.496 e. The van der Waals surface area contributed by atoms with Gasteiger partial charge in [0.2, 0.25) is 0 Å². The van der Waals surface area contributed by atoms with Gasteiger partial charge in [0.25, 0.3) is 0 Å². The average molecular weight is 293 g/mol. The number of nitriles is 1. The highest BCUT2D eigenvalue weighted by Crippen LogP contribution is 2.40. The molecule has 2 rings (SSSR count). The topological polar surface area (TPSA) is 55.1 Å². The fourth-order valence-corrected chi connectivity index (χ4v) is 2.29. The number of rotatable bonds is 2. The second-order valence-electron chi connectivity index (χ2n) is 3.32. The van der Waals surface area contributed by atoms with Crippen LogP contribution in [0.5, 0.6) is 11.5 Å². The van der Waals surface area contributed by atoms with Crippen LogP contribution in [0.2, 0.25) is 0 Å². The van der Waals surface area contributed by atoms with Gasteiger partial charge in [-0.25, -0.2) is 0 Å². The molecule has 1 heterocycles. The molecule has 0 bridgehead atoms. The number of nitrogens with zero attached hydrogens (tertiary/aromatic N) is 2. The summed E-state index contributed by atoms with van der Waals surface area (Å²) >= 11 is 3.40. The minimum absolute atomic E-state index is 0.457. The lowest BCUT2D eigenvalue weighted by molar-refractivity contribution is 0.408. The van der Waals surface area contributed by atoms with Gasteiger partial charge in [-0.1, -0.05) is 0 Å². The molecule has 0 atom stereocenters. The van der Waals surface area contributed by atoms with E-state index in [-0.39, 0.29) is 0 Å². The molecule has 0 unspecified atom stereocenters. The second kappa shape index (κ2) is 4.60. The van der Waals surface area contributed by atoms with E-state index >= 15 is 0 Å². The fraction of sp³-hybridized carbons (Fsp3) is 0.167. The predicted molar refractivity (Wildman–Crippen MR) is 67.3 cm³/mol. The Hall–Kier alpha value is -1.80. The molecule has 1 aromatic heterocycles. The molecule has 0 aliphatic heterocycles. The van der Waals surface area contributed by atoms with Crippen molar-refractivity contribution in [1.82, 2.24) is 4.98 Å². The Kier molecular flexibility index (Phi) is 3.16. The smallest absolute Gasteiger partial charge is 0.142 e. The highest BCUT2D eigenvalue weighted by molar-refractivity contribution is 9.10. The predicted octanol–water partition coefficient (Wildman–Crippen LogP) is 2.89. The highest BCUT2D eigenvalue weighted by Gasteiger charge is 2.15. The molecule has 0 aliphatic rings. The lowest BCUT2D eigenvalue weighted by atomic mass is 10.1. The molecule has 4 nitrogen and oxygen atoms in total. The van der Waals surface area contributed by atoms with E-state index in [4.69, 9.17) is 14.7 Å². The SMILES string of the molecule is COc1cc(Br)c(OC)c2c(C#N)cncc12. The van der Waals surface area contributed by atoms with E-state index in [0.29, 0.717) is 22.4 Å². The van der Waals surface area contributed by atoms with Crippen LogP contribution >= 0.6 is 15.9 Å². The molecular formula is C12H9BrN2O2. The Morgan fingerprint density at radius 1 is 1.29 bits per heavy atom. The number of hydrogen-bond donors (Lipinski definition) is 0. The summed E-state index contributed by atoms with van der Waals surface area (Å²) < 4.78 is 11.3. The number of benzene rings is 1. The summed E-state index contributed by atoms with van der Waals surface area (Å²) in [5.74, 6) is 1.26. The first-order valence-corrected chi connectivity index (χ1v) is 5.60. The molecule has 0 radical (unpaired) electrons. The molecule has 0 aliphatic carbocycles. The normalized spacial score (nSPS) is 10.0. The van der Waals surface area contributed by atoms with Gasteiger partial charge in [0.05, 0.1) is 24.3 Å². The summed E-state index contributed by atoms with van der Waals surface area (Å²) in [4.78, 5) is 4.02. The molecule has 1 aromatic carbocycles. The summed E-state index contributed by atoms with van der Waals surface area (Å²) in [5.41, 5.74) is 0.457. The summed E-state index contributed by atoms with van der Waals surface area (Å²) in [5, 5.41) is 10.6. The van der Waals surface area contributed by atoms with Gasteiger partial charge < -0.3 is 9.47 Å². The van der Waals surface area contributed by atoms with Gasteiger partial charge in [-0.05, 0) is 22.0 Å². The third-order valence-corrected chi connectivity index (χ3v) is 3.05. The van der Waals surface area contributed by atoms with Gasteiger partial charge >= 0.3 is 0 Å². The second-order valence-corrected chi connectivity index (χ2v) is 4.17. The third kappa shape index (κ3) is 1.81. The van der Waals surface area contributed by atoms with Gasteiger partial charge in [0.15, 0.2) is 0 Å². The Bertz CT molecular complexity index is 620. The molecule has 86 valence electrons. The maximum absolute atomic E-state index is 9.11. The minimum Gasteiger partial charge on any atom is -0.496 e. The molecule has 5 heteroatoms. The van der Waals surface area contributed by atoms with Crippen LogP contribution < -0.4 is 9.47 Å². The first-order chi connectivity index (χ1) is 8.22. The van der Waals surface area contributed by atoms with Crippen LogP contribution in [0.3, 0.4) is 0 Å². The van der Waals surface area contributed by atoms with Gasteiger partial charge in [0, 0.05) is 23.2 Å². The number of ether oxygens (including phenoxy) is 2. The van der Waals surface area contributed by atoms with Crippen LogP contribution in [0, 0.1) is 11.3 Å². The fourth-order valence-electron chi connectivity index (χ4n) is 1.72. The number of halogens is 1. The van der Waals surface area contributed by atoms with Crippen LogP contribution in [-0.2, 0) is 0 Å². The van der Waals surface area contributed by atoms with Gasteiger partial charge in [0.1, 0.15) is 17.6 Å². The minimum atomic E-state index is 0.457. The van der Waals surface area contributed by atoms with Crippen LogP contribution in [-0.4, -0.2) is 19.2 Å². The first kappa shape index (κ1) is 11.7. The summed E-state index contributed by atoms with van der Waals surface area (Å²) in [6, 6.07) is 3.90. The Morgan fingerprint density at radius 3 is 2.65 bits per heavy atom. The zero-order valence-corrected chi connectivity index (χ0v) is 10.9. The van der Waals surface area contributed by atoms with E-state index in [1.54, 1.807) is 26.5 Å². The van der Waals surface area contributed by atoms with E-state index in [9.17, 15) is 0 Å². The maximum atomic E-state index is 9.11. The van der Waals surface area contributed by atoms with Gasteiger partial charge in [-0.3, -0.25) is 4.98 Å². The molecule has 17 heavy (non-hydrogen) atoms. The van der Waals surface area contributed by atoms with Crippen molar-refractivity contribution in [3.63, 3.8) is 0 Å². The Balaban J connectivity index is 2.99. The van der Waals surface area contributed by atoms with Crippen molar-refractivity contribution < 1.29 is 9.47 Å². The van der Waals surface area contributed by atoms with E-state index in [0.717, 1.165) is 9.86 Å². The maximum Gasteiger partial charge on any atom is 0.142 e. The zero-order valence-electron chi connectivity index (χ0n) is 9.32. The molecule has 0 spiro atoms. The van der Waals surface area contributed by atoms with Gasteiger partial charge in [-0.15, -0.1) is 0 Å². The van der Waals surface area contributed by atoms with Crippen molar-refractivity contribution in [2.45, 2.75) is 0 Å². The third-order valence-electron chi connectivity index (χ3n) is 2.46. The van der Waals surface area contributed by atoms with Crippen molar-refractivity contribution in [3.8, 4) is 17.6 Å². The number of pyridine rings is 1. The monoisotopic (exact) mass is 292 g/mol. The number of methoxy groups -OCH3 is 2. The van der Waals surface area contributed by atoms with Crippen molar-refractivity contribution in [3.05, 3.63) is 28.5 Å². The average Bonchev–Trinajstić information content (AvgIpc) is 2.37. The van der Waals surface area contributed by atoms with E-state index in [1.807, 2.05) is 0 Å². The molecule has 0 fully saturated rings. The van der Waals surface area contributed by atoms with Crippen molar-refractivity contribution >= 4 is 26.7 Å². The van der Waals surface area contributed by atoms with E-state index < -0.39 is 0 Å². The van der Waals surface area contributed by atoms with Crippen LogP contribution in [0.15, 0.2) is 22.9 Å². The van der Waals surface area contributed by atoms with Crippen LogP contribution in [0.4, 0.5) is 0 Å². The summed E-state index contributed by atoms with van der Waals surface area (Å²) in [7, 11) is 3.14. The highest BCUT2D eigenvalue weighted by atomic mass is 79.9. The van der Waals surface area contributed by atoms with Crippen molar-refractivity contribution in [2.24, 2.45) is 0 Å². The number of fused-ring (bicyclic) bond motifs is 1. The standard InChI is InChI=1S/C12H9BrN2O2/c1-16-10-3-9(13)12(17-2)11-7(4-14)5-15-6-8(10)11/h3,5-6H,1-2H3. The summed E-state index contributed by atoms with van der Waals surface area (Å²) in [6.45, 7) is 0. The molecular weight excluding hydrogens is 284 g/mol.